The van der Waals surface area contributed by atoms with Gasteiger partial charge in [-0.3, -0.25) is 4.79 Å². The molecule has 0 aliphatic carbocycles. The molecular weight excluding hydrogens is 390 g/mol. The SMILES string of the molecule is CCOc1ccc(C(=O)NCC(C)(C)C2CC(OCC)c3cc(C#N)ccc3N2)cc1. The van der Waals surface area contributed by atoms with Gasteiger partial charge in [-0.25, -0.2) is 0 Å². The molecule has 1 aliphatic heterocycles. The van der Waals surface area contributed by atoms with Crippen LogP contribution in [0.25, 0.3) is 0 Å². The number of ether oxygens (including phenoxy) is 2. The summed E-state index contributed by atoms with van der Waals surface area (Å²) in [6, 6.07) is 15.1. The van der Waals surface area contributed by atoms with Gasteiger partial charge in [0, 0.05) is 41.4 Å². The maximum Gasteiger partial charge on any atom is 0.251 e. The number of nitriles is 1. The first kappa shape index (κ1) is 22.6. The minimum absolute atomic E-state index is 0.0827. The Morgan fingerprint density at radius 1 is 1.19 bits per heavy atom. The third kappa shape index (κ3) is 5.36. The summed E-state index contributed by atoms with van der Waals surface area (Å²) in [6.45, 7) is 9.90. The van der Waals surface area contributed by atoms with Gasteiger partial charge in [0.2, 0.25) is 0 Å². The molecule has 0 radical (unpaired) electrons. The molecule has 2 N–H and O–H groups in total. The highest BCUT2D eigenvalue weighted by Gasteiger charge is 2.37. The van der Waals surface area contributed by atoms with Gasteiger partial charge in [-0.2, -0.15) is 5.26 Å². The van der Waals surface area contributed by atoms with E-state index in [1.807, 2.05) is 44.2 Å². The summed E-state index contributed by atoms with van der Waals surface area (Å²) < 4.78 is 11.4. The van der Waals surface area contributed by atoms with Crippen molar-refractivity contribution in [2.75, 3.05) is 25.1 Å². The molecule has 164 valence electrons. The van der Waals surface area contributed by atoms with E-state index in [2.05, 4.69) is 30.6 Å². The van der Waals surface area contributed by atoms with Gasteiger partial charge in [0.25, 0.3) is 5.91 Å². The topological polar surface area (TPSA) is 83.4 Å². The van der Waals surface area contributed by atoms with Gasteiger partial charge in [0.05, 0.1) is 24.3 Å². The van der Waals surface area contributed by atoms with Crippen LogP contribution >= 0.6 is 0 Å². The molecule has 3 rings (SSSR count). The van der Waals surface area contributed by atoms with Crippen molar-refractivity contribution in [2.24, 2.45) is 5.41 Å². The maximum atomic E-state index is 12.7. The number of anilines is 1. The number of amides is 1. The predicted molar refractivity (Wildman–Crippen MR) is 121 cm³/mol. The molecule has 1 amide bonds. The Labute approximate surface area is 184 Å². The van der Waals surface area contributed by atoms with E-state index in [-0.39, 0.29) is 23.5 Å². The Morgan fingerprint density at radius 2 is 1.94 bits per heavy atom. The molecule has 0 aromatic heterocycles. The van der Waals surface area contributed by atoms with Crippen LogP contribution < -0.4 is 15.4 Å². The summed E-state index contributed by atoms with van der Waals surface area (Å²) in [6.07, 6.45) is 0.683. The second-order valence-electron chi connectivity index (χ2n) is 8.42. The molecule has 0 saturated carbocycles. The van der Waals surface area contributed by atoms with Crippen molar-refractivity contribution in [1.29, 1.82) is 5.26 Å². The molecule has 6 heteroatoms. The Morgan fingerprint density at radius 3 is 2.58 bits per heavy atom. The van der Waals surface area contributed by atoms with Crippen LogP contribution in [-0.4, -0.2) is 31.7 Å². The van der Waals surface area contributed by atoms with Gasteiger partial charge in [0.1, 0.15) is 5.75 Å². The van der Waals surface area contributed by atoms with Crippen molar-refractivity contribution in [2.45, 2.75) is 46.3 Å². The zero-order valence-electron chi connectivity index (χ0n) is 18.7. The molecular formula is C25H31N3O3. The van der Waals surface area contributed by atoms with Crippen LogP contribution in [0, 0.1) is 16.7 Å². The molecule has 6 nitrogen and oxygen atoms in total. The molecule has 0 bridgehead atoms. The standard InChI is InChI=1S/C25H31N3O3/c1-5-30-19-10-8-18(9-11-19)24(29)27-16-25(3,4)23-14-22(31-6-2)20-13-17(15-26)7-12-21(20)28-23/h7-13,22-23,28H,5-6,14,16H2,1-4H3,(H,27,29). The summed E-state index contributed by atoms with van der Waals surface area (Å²) in [5.74, 6) is 0.651. The molecule has 0 fully saturated rings. The number of nitrogens with one attached hydrogen (secondary N) is 2. The third-order valence-electron chi connectivity index (χ3n) is 5.75. The van der Waals surface area contributed by atoms with Gasteiger partial charge < -0.3 is 20.1 Å². The lowest BCUT2D eigenvalue weighted by Crippen LogP contribution is -2.47. The average Bonchev–Trinajstić information content (AvgIpc) is 2.78. The summed E-state index contributed by atoms with van der Waals surface area (Å²) in [5, 5.41) is 15.9. The number of rotatable bonds is 8. The molecule has 2 atom stereocenters. The summed E-state index contributed by atoms with van der Waals surface area (Å²) in [4.78, 5) is 12.7. The van der Waals surface area contributed by atoms with Crippen molar-refractivity contribution in [1.82, 2.24) is 5.32 Å². The summed E-state index contributed by atoms with van der Waals surface area (Å²) in [7, 11) is 0. The van der Waals surface area contributed by atoms with Crippen LogP contribution in [0.3, 0.4) is 0 Å². The van der Waals surface area contributed by atoms with E-state index in [1.54, 1.807) is 12.1 Å². The van der Waals surface area contributed by atoms with Gasteiger partial charge in [0.15, 0.2) is 0 Å². The van der Waals surface area contributed by atoms with Crippen LogP contribution in [0.2, 0.25) is 0 Å². The fourth-order valence-electron chi connectivity index (χ4n) is 3.89. The van der Waals surface area contributed by atoms with E-state index in [0.29, 0.717) is 30.9 Å². The quantitative estimate of drug-likeness (QED) is 0.647. The lowest BCUT2D eigenvalue weighted by molar-refractivity contribution is 0.0387. The molecule has 0 spiro atoms. The molecule has 2 unspecified atom stereocenters. The highest BCUT2D eigenvalue weighted by Crippen LogP contribution is 2.40. The monoisotopic (exact) mass is 421 g/mol. The van der Waals surface area contributed by atoms with Crippen LogP contribution in [0.4, 0.5) is 5.69 Å². The molecule has 2 aromatic rings. The van der Waals surface area contributed by atoms with E-state index in [4.69, 9.17) is 9.47 Å². The zero-order chi connectivity index (χ0) is 22.4. The number of fused-ring (bicyclic) bond motifs is 1. The fraction of sp³-hybridized carbons (Fsp3) is 0.440. The second-order valence-corrected chi connectivity index (χ2v) is 8.42. The summed E-state index contributed by atoms with van der Waals surface area (Å²) >= 11 is 0. The average molecular weight is 422 g/mol. The van der Waals surface area contributed by atoms with Crippen LogP contribution in [0.15, 0.2) is 42.5 Å². The van der Waals surface area contributed by atoms with Gasteiger partial charge >= 0.3 is 0 Å². The van der Waals surface area contributed by atoms with Gasteiger partial charge in [-0.15, -0.1) is 0 Å². The molecule has 2 aromatic carbocycles. The number of carbonyl (C=O) groups excluding carboxylic acids is 1. The van der Waals surface area contributed by atoms with Crippen molar-refractivity contribution in [3.63, 3.8) is 0 Å². The van der Waals surface area contributed by atoms with E-state index < -0.39 is 0 Å². The maximum absolute atomic E-state index is 12.7. The first-order valence-electron chi connectivity index (χ1n) is 10.8. The first-order valence-corrected chi connectivity index (χ1v) is 10.8. The van der Waals surface area contributed by atoms with Crippen molar-refractivity contribution in [3.8, 4) is 11.8 Å². The van der Waals surface area contributed by atoms with E-state index >= 15 is 0 Å². The van der Waals surface area contributed by atoms with Gasteiger partial charge in [-0.05, 0) is 62.7 Å². The highest BCUT2D eigenvalue weighted by molar-refractivity contribution is 5.94. The van der Waals surface area contributed by atoms with Gasteiger partial charge in [-0.1, -0.05) is 13.8 Å². The fourth-order valence-corrected chi connectivity index (χ4v) is 3.89. The molecule has 1 heterocycles. The lowest BCUT2D eigenvalue weighted by Gasteiger charge is -2.42. The second kappa shape index (κ2) is 9.84. The van der Waals surface area contributed by atoms with Crippen LogP contribution in [0.1, 0.15) is 61.7 Å². The largest absolute Gasteiger partial charge is 0.494 e. The molecule has 0 saturated heterocycles. The number of hydrogen-bond acceptors (Lipinski definition) is 5. The van der Waals surface area contributed by atoms with Crippen LogP contribution in [0.5, 0.6) is 5.75 Å². The smallest absolute Gasteiger partial charge is 0.251 e. The van der Waals surface area contributed by atoms with E-state index in [0.717, 1.165) is 23.4 Å². The van der Waals surface area contributed by atoms with E-state index in [9.17, 15) is 10.1 Å². The first-order chi connectivity index (χ1) is 14.9. The Bertz CT molecular complexity index is 947. The Balaban J connectivity index is 1.69. The third-order valence-corrected chi connectivity index (χ3v) is 5.75. The highest BCUT2D eigenvalue weighted by atomic mass is 16.5. The zero-order valence-corrected chi connectivity index (χ0v) is 18.7. The number of benzene rings is 2. The van der Waals surface area contributed by atoms with Crippen molar-refractivity contribution in [3.05, 3.63) is 59.2 Å². The van der Waals surface area contributed by atoms with Crippen molar-refractivity contribution >= 4 is 11.6 Å². The molecule has 1 aliphatic rings. The number of nitrogens with zero attached hydrogens (tertiary/aromatic N) is 1. The lowest BCUT2D eigenvalue weighted by atomic mass is 9.77. The normalized spacial score (nSPS) is 17.8. The Hall–Kier alpha value is -3.04. The minimum atomic E-state index is -0.220. The predicted octanol–water partition coefficient (Wildman–Crippen LogP) is 4.67. The Kier molecular flexibility index (Phi) is 7.19. The number of hydrogen-bond donors (Lipinski definition) is 2. The van der Waals surface area contributed by atoms with Crippen molar-refractivity contribution < 1.29 is 14.3 Å². The van der Waals surface area contributed by atoms with E-state index in [1.165, 1.54) is 0 Å². The number of carbonyl (C=O) groups is 1. The molecule has 31 heavy (non-hydrogen) atoms. The summed E-state index contributed by atoms with van der Waals surface area (Å²) in [5.41, 5.74) is 3.02. The minimum Gasteiger partial charge on any atom is -0.494 e. The van der Waals surface area contributed by atoms with Crippen LogP contribution in [-0.2, 0) is 4.74 Å².